The maximum Gasteiger partial charge on any atom is 0.573 e. The van der Waals surface area contributed by atoms with E-state index in [1.165, 1.54) is 23.9 Å². The Morgan fingerprint density at radius 1 is 1.25 bits per heavy atom. The second-order valence-corrected chi connectivity index (χ2v) is 7.03. The number of thioether (sulfide) groups is 1. The summed E-state index contributed by atoms with van der Waals surface area (Å²) in [6, 6.07) is 9.59. The van der Waals surface area contributed by atoms with E-state index in [2.05, 4.69) is 4.74 Å². The lowest BCUT2D eigenvalue weighted by Gasteiger charge is -2.16. The van der Waals surface area contributed by atoms with Crippen LogP contribution in [0.1, 0.15) is 10.4 Å². The van der Waals surface area contributed by atoms with Gasteiger partial charge in [0.2, 0.25) is 5.91 Å². The zero-order valence-corrected chi connectivity index (χ0v) is 14.5. The minimum Gasteiger partial charge on any atom is -0.406 e. The third kappa shape index (κ3) is 6.45. The molecule has 0 aliphatic heterocycles. The molecule has 0 aliphatic rings. The van der Waals surface area contributed by atoms with Gasteiger partial charge in [-0.05, 0) is 29.1 Å². The molecule has 2 rings (SSSR count). The number of ether oxygens (including phenoxy) is 1. The summed E-state index contributed by atoms with van der Waals surface area (Å²) in [4.78, 5) is 14.8. The SMILES string of the molecule is CN(Cc1cccs1)C(=O)CSCc1ccc(OC(F)(F)F)cc1. The summed E-state index contributed by atoms with van der Waals surface area (Å²) in [5, 5.41) is 1.97. The number of carbonyl (C=O) groups is 1. The molecule has 0 aliphatic carbocycles. The summed E-state index contributed by atoms with van der Waals surface area (Å²) in [5.41, 5.74) is 0.836. The zero-order valence-electron chi connectivity index (χ0n) is 12.9. The van der Waals surface area contributed by atoms with Crippen LogP contribution in [0.4, 0.5) is 13.2 Å². The van der Waals surface area contributed by atoms with E-state index >= 15 is 0 Å². The number of nitrogens with zero attached hydrogens (tertiary/aromatic N) is 1. The van der Waals surface area contributed by atoms with Gasteiger partial charge in [-0.2, -0.15) is 0 Å². The van der Waals surface area contributed by atoms with Crippen LogP contribution in [0, 0.1) is 0 Å². The third-order valence-corrected chi connectivity index (χ3v) is 4.90. The van der Waals surface area contributed by atoms with Crippen molar-refractivity contribution in [2.75, 3.05) is 12.8 Å². The molecule has 1 aromatic carbocycles. The van der Waals surface area contributed by atoms with Gasteiger partial charge in [-0.25, -0.2) is 0 Å². The first kappa shape index (κ1) is 18.7. The van der Waals surface area contributed by atoms with Crippen LogP contribution in [0.25, 0.3) is 0 Å². The Hall–Kier alpha value is -1.67. The number of amides is 1. The van der Waals surface area contributed by atoms with Gasteiger partial charge in [0, 0.05) is 17.7 Å². The summed E-state index contributed by atoms with van der Waals surface area (Å²) < 4.78 is 40.0. The van der Waals surface area contributed by atoms with E-state index in [4.69, 9.17) is 0 Å². The molecule has 130 valence electrons. The molecule has 0 spiro atoms. The van der Waals surface area contributed by atoms with E-state index in [1.54, 1.807) is 35.4 Å². The first-order valence-electron chi connectivity index (χ1n) is 7.02. The standard InChI is InChI=1S/C16H16F3NO2S2/c1-20(9-14-3-2-8-24-14)15(21)11-23-10-12-4-6-13(7-5-12)22-16(17,18)19/h2-8H,9-11H2,1H3. The molecular weight excluding hydrogens is 359 g/mol. The molecule has 2 aromatic rings. The van der Waals surface area contributed by atoms with Gasteiger partial charge < -0.3 is 9.64 Å². The van der Waals surface area contributed by atoms with Crippen molar-refractivity contribution < 1.29 is 22.7 Å². The van der Waals surface area contributed by atoms with E-state index in [0.717, 1.165) is 10.4 Å². The lowest BCUT2D eigenvalue weighted by atomic mass is 10.2. The molecule has 0 saturated heterocycles. The minimum absolute atomic E-state index is 0.0189. The number of rotatable bonds is 7. The van der Waals surface area contributed by atoms with Gasteiger partial charge in [-0.3, -0.25) is 4.79 Å². The quantitative estimate of drug-likeness (QED) is 0.712. The molecule has 1 heterocycles. The molecule has 3 nitrogen and oxygen atoms in total. The van der Waals surface area contributed by atoms with Crippen molar-refractivity contribution in [1.29, 1.82) is 0 Å². The average Bonchev–Trinajstić information content (AvgIpc) is 3.00. The molecule has 0 radical (unpaired) electrons. The van der Waals surface area contributed by atoms with Gasteiger partial charge in [0.25, 0.3) is 0 Å². The Kier molecular flexibility index (Phi) is 6.56. The molecule has 0 fully saturated rings. The Morgan fingerprint density at radius 3 is 2.54 bits per heavy atom. The van der Waals surface area contributed by atoms with E-state index in [0.29, 0.717) is 18.1 Å². The number of hydrogen-bond acceptors (Lipinski definition) is 4. The van der Waals surface area contributed by atoms with Crippen LogP contribution in [-0.2, 0) is 17.1 Å². The highest BCUT2D eigenvalue weighted by molar-refractivity contribution is 7.99. The van der Waals surface area contributed by atoms with Crippen LogP contribution >= 0.6 is 23.1 Å². The van der Waals surface area contributed by atoms with Crippen molar-refractivity contribution in [2.45, 2.75) is 18.7 Å². The zero-order chi connectivity index (χ0) is 17.6. The number of hydrogen-bond donors (Lipinski definition) is 0. The normalized spacial score (nSPS) is 11.3. The molecule has 8 heteroatoms. The number of halogens is 3. The molecule has 0 saturated carbocycles. The lowest BCUT2D eigenvalue weighted by molar-refractivity contribution is -0.274. The molecule has 1 amide bonds. The Bertz CT molecular complexity index is 642. The van der Waals surface area contributed by atoms with E-state index in [9.17, 15) is 18.0 Å². The van der Waals surface area contributed by atoms with Crippen molar-refractivity contribution in [3.8, 4) is 5.75 Å². The van der Waals surface area contributed by atoms with E-state index < -0.39 is 6.36 Å². The third-order valence-electron chi connectivity index (χ3n) is 3.05. The second-order valence-electron chi connectivity index (χ2n) is 5.01. The first-order valence-corrected chi connectivity index (χ1v) is 9.06. The van der Waals surface area contributed by atoms with Gasteiger partial charge in [0.15, 0.2) is 0 Å². The number of thiophene rings is 1. The van der Waals surface area contributed by atoms with Crippen molar-refractivity contribution in [2.24, 2.45) is 0 Å². The fourth-order valence-corrected chi connectivity index (χ4v) is 3.56. The summed E-state index contributed by atoms with van der Waals surface area (Å²) >= 11 is 3.03. The predicted molar refractivity (Wildman–Crippen MR) is 90.1 cm³/mol. The highest BCUT2D eigenvalue weighted by Crippen LogP contribution is 2.24. The van der Waals surface area contributed by atoms with E-state index in [-0.39, 0.29) is 11.7 Å². The topological polar surface area (TPSA) is 29.5 Å². The molecule has 24 heavy (non-hydrogen) atoms. The van der Waals surface area contributed by atoms with E-state index in [1.807, 2.05) is 17.5 Å². The summed E-state index contributed by atoms with van der Waals surface area (Å²) in [5.74, 6) is 0.640. The second kappa shape index (κ2) is 8.43. The van der Waals surface area contributed by atoms with Gasteiger partial charge in [-0.15, -0.1) is 36.3 Å². The highest BCUT2D eigenvalue weighted by Gasteiger charge is 2.30. The number of carbonyl (C=O) groups excluding carboxylic acids is 1. The van der Waals surface area contributed by atoms with Crippen LogP contribution in [0.5, 0.6) is 5.75 Å². The minimum atomic E-state index is -4.68. The molecule has 1 aromatic heterocycles. The molecule has 0 N–H and O–H groups in total. The molecular formula is C16H16F3NO2S2. The first-order chi connectivity index (χ1) is 11.3. The average molecular weight is 375 g/mol. The lowest BCUT2D eigenvalue weighted by Crippen LogP contribution is -2.27. The molecule has 0 bridgehead atoms. The Balaban J connectivity index is 1.74. The Labute approximate surface area is 146 Å². The maximum atomic E-state index is 12.1. The van der Waals surface area contributed by atoms with Crippen LogP contribution in [0.15, 0.2) is 41.8 Å². The summed E-state index contributed by atoms with van der Waals surface area (Å²) in [7, 11) is 1.76. The smallest absolute Gasteiger partial charge is 0.406 e. The van der Waals surface area contributed by atoms with Gasteiger partial charge >= 0.3 is 6.36 Å². The van der Waals surface area contributed by atoms with Gasteiger partial charge in [-0.1, -0.05) is 18.2 Å². The van der Waals surface area contributed by atoms with Crippen molar-refractivity contribution in [3.63, 3.8) is 0 Å². The van der Waals surface area contributed by atoms with Gasteiger partial charge in [0.05, 0.1) is 12.3 Å². The van der Waals surface area contributed by atoms with Gasteiger partial charge in [0.1, 0.15) is 5.75 Å². The monoisotopic (exact) mass is 375 g/mol. The predicted octanol–water partition coefficient (Wildman–Crippen LogP) is 4.54. The van der Waals surface area contributed by atoms with Crippen LogP contribution in [0.2, 0.25) is 0 Å². The molecule has 0 atom stereocenters. The van der Waals surface area contributed by atoms with Crippen molar-refractivity contribution in [3.05, 3.63) is 52.2 Å². The van der Waals surface area contributed by atoms with Crippen LogP contribution in [-0.4, -0.2) is 30.0 Å². The van der Waals surface area contributed by atoms with Crippen LogP contribution < -0.4 is 4.74 Å². The van der Waals surface area contributed by atoms with Crippen LogP contribution in [0.3, 0.4) is 0 Å². The fourth-order valence-electron chi connectivity index (χ4n) is 1.88. The van der Waals surface area contributed by atoms with Crippen molar-refractivity contribution in [1.82, 2.24) is 4.90 Å². The number of benzene rings is 1. The Morgan fingerprint density at radius 2 is 1.96 bits per heavy atom. The highest BCUT2D eigenvalue weighted by atomic mass is 32.2. The summed E-state index contributed by atoms with van der Waals surface area (Å²) in [6.07, 6.45) is -4.68. The fraction of sp³-hybridized carbons (Fsp3) is 0.312. The number of alkyl halides is 3. The van der Waals surface area contributed by atoms with Crippen molar-refractivity contribution >= 4 is 29.0 Å². The molecule has 0 unspecified atom stereocenters. The maximum absolute atomic E-state index is 12.1. The summed E-state index contributed by atoms with van der Waals surface area (Å²) in [6.45, 7) is 0.584. The largest absolute Gasteiger partial charge is 0.573 e.